The maximum atomic E-state index is 5.91. The second-order valence-electron chi connectivity index (χ2n) is 5.28. The van der Waals surface area contributed by atoms with Crippen molar-refractivity contribution in [3.63, 3.8) is 0 Å². The molecule has 0 aliphatic carbocycles. The highest BCUT2D eigenvalue weighted by atomic mass is 79.9. The van der Waals surface area contributed by atoms with Gasteiger partial charge >= 0.3 is 0 Å². The fourth-order valence-electron chi connectivity index (χ4n) is 2.42. The first kappa shape index (κ1) is 12.7. The number of hydrogen-bond donors (Lipinski definition) is 1. The highest BCUT2D eigenvalue weighted by Gasteiger charge is 2.31. The van der Waals surface area contributed by atoms with Gasteiger partial charge in [-0.2, -0.15) is 0 Å². The average Bonchev–Trinajstić information content (AvgIpc) is 2.13. The Morgan fingerprint density at radius 2 is 2.18 bits per heavy atom. The monoisotopic (exact) mass is 298 g/mol. The van der Waals surface area contributed by atoms with Crippen molar-refractivity contribution in [2.45, 2.75) is 32.5 Å². The molecular formula is C13H19BrN2O. The maximum absolute atomic E-state index is 5.91. The van der Waals surface area contributed by atoms with Gasteiger partial charge in [0.2, 0.25) is 0 Å². The first-order valence-corrected chi connectivity index (χ1v) is 6.64. The Hall–Kier alpha value is -0.740. The molecule has 0 amide bonds. The van der Waals surface area contributed by atoms with Crippen LogP contribution in [0.25, 0.3) is 0 Å². The van der Waals surface area contributed by atoms with E-state index < -0.39 is 0 Å². The van der Waals surface area contributed by atoms with Gasteiger partial charge in [0.25, 0.3) is 0 Å². The SMILES string of the molecule is CC1CN(c2ccc(N)cc2Br)CC(C)(C)O1. The van der Waals surface area contributed by atoms with Crippen LogP contribution in [0, 0.1) is 0 Å². The summed E-state index contributed by atoms with van der Waals surface area (Å²) in [6.07, 6.45) is 0.239. The molecule has 1 fully saturated rings. The van der Waals surface area contributed by atoms with Gasteiger partial charge in [-0.15, -0.1) is 0 Å². The summed E-state index contributed by atoms with van der Waals surface area (Å²) in [5.74, 6) is 0. The quantitative estimate of drug-likeness (QED) is 0.810. The van der Waals surface area contributed by atoms with Gasteiger partial charge in [0.1, 0.15) is 0 Å². The molecule has 1 aromatic rings. The number of nitrogens with zero attached hydrogens (tertiary/aromatic N) is 1. The molecule has 1 heterocycles. The summed E-state index contributed by atoms with van der Waals surface area (Å²) in [5.41, 5.74) is 7.61. The van der Waals surface area contributed by atoms with E-state index >= 15 is 0 Å². The zero-order chi connectivity index (χ0) is 12.6. The molecule has 2 N–H and O–H groups in total. The van der Waals surface area contributed by atoms with Crippen LogP contribution in [-0.4, -0.2) is 24.8 Å². The third-order valence-electron chi connectivity index (χ3n) is 2.88. The summed E-state index contributed by atoms with van der Waals surface area (Å²) in [6, 6.07) is 5.95. The predicted octanol–water partition coefficient (Wildman–Crippen LogP) is 3.04. The first-order chi connectivity index (χ1) is 7.87. The van der Waals surface area contributed by atoms with Gasteiger partial charge in [-0.05, 0) is 54.9 Å². The molecule has 1 atom stereocenters. The Morgan fingerprint density at radius 1 is 1.47 bits per heavy atom. The van der Waals surface area contributed by atoms with E-state index in [4.69, 9.17) is 10.5 Å². The molecule has 1 unspecified atom stereocenters. The fraction of sp³-hybridized carbons (Fsp3) is 0.538. The van der Waals surface area contributed by atoms with Gasteiger partial charge in [-0.1, -0.05) is 0 Å². The molecule has 94 valence electrons. The molecule has 0 spiro atoms. The number of halogens is 1. The van der Waals surface area contributed by atoms with Crippen molar-refractivity contribution >= 4 is 27.3 Å². The lowest BCUT2D eigenvalue weighted by molar-refractivity contribution is -0.0750. The smallest absolute Gasteiger partial charge is 0.0805 e. The van der Waals surface area contributed by atoms with Crippen LogP contribution in [0.2, 0.25) is 0 Å². The van der Waals surface area contributed by atoms with Crippen molar-refractivity contribution < 1.29 is 4.74 Å². The Morgan fingerprint density at radius 3 is 2.76 bits per heavy atom. The van der Waals surface area contributed by atoms with Crippen LogP contribution in [0.5, 0.6) is 0 Å². The van der Waals surface area contributed by atoms with E-state index in [1.807, 2.05) is 12.1 Å². The number of morpholine rings is 1. The summed E-state index contributed by atoms with van der Waals surface area (Å²) in [7, 11) is 0. The molecule has 1 aromatic carbocycles. The number of ether oxygens (including phenoxy) is 1. The van der Waals surface area contributed by atoms with Gasteiger partial charge in [0, 0.05) is 23.2 Å². The van der Waals surface area contributed by atoms with Crippen molar-refractivity contribution in [2.75, 3.05) is 23.7 Å². The molecule has 1 aliphatic heterocycles. The van der Waals surface area contributed by atoms with E-state index in [-0.39, 0.29) is 11.7 Å². The fourth-order valence-corrected chi connectivity index (χ4v) is 3.06. The zero-order valence-electron chi connectivity index (χ0n) is 10.5. The number of rotatable bonds is 1. The van der Waals surface area contributed by atoms with Crippen LogP contribution >= 0.6 is 15.9 Å². The normalized spacial score (nSPS) is 23.8. The number of hydrogen-bond acceptors (Lipinski definition) is 3. The van der Waals surface area contributed by atoms with Gasteiger partial charge in [-0.25, -0.2) is 0 Å². The molecule has 3 nitrogen and oxygen atoms in total. The lowest BCUT2D eigenvalue weighted by Crippen LogP contribution is -2.52. The third-order valence-corrected chi connectivity index (χ3v) is 3.52. The van der Waals surface area contributed by atoms with E-state index in [1.165, 1.54) is 5.69 Å². The Balaban J connectivity index is 2.27. The highest BCUT2D eigenvalue weighted by Crippen LogP contribution is 2.32. The van der Waals surface area contributed by atoms with Crippen LogP contribution in [0.15, 0.2) is 22.7 Å². The summed E-state index contributed by atoms with van der Waals surface area (Å²) < 4.78 is 6.95. The molecular weight excluding hydrogens is 280 g/mol. The second kappa shape index (κ2) is 4.50. The Kier molecular flexibility index (Phi) is 3.36. The third kappa shape index (κ3) is 2.93. The Bertz CT molecular complexity index is 420. The summed E-state index contributed by atoms with van der Waals surface area (Å²) in [5, 5.41) is 0. The molecule has 0 radical (unpaired) electrons. The zero-order valence-corrected chi connectivity index (χ0v) is 12.1. The number of nitrogen functional groups attached to an aromatic ring is 1. The minimum absolute atomic E-state index is 0.113. The largest absolute Gasteiger partial charge is 0.399 e. The molecule has 2 rings (SSSR count). The number of benzene rings is 1. The maximum Gasteiger partial charge on any atom is 0.0805 e. The first-order valence-electron chi connectivity index (χ1n) is 5.85. The van der Waals surface area contributed by atoms with Crippen LogP contribution in [0.4, 0.5) is 11.4 Å². The average molecular weight is 299 g/mol. The Labute approximate surface area is 111 Å². The van der Waals surface area contributed by atoms with E-state index in [0.29, 0.717) is 0 Å². The highest BCUT2D eigenvalue weighted by molar-refractivity contribution is 9.10. The lowest BCUT2D eigenvalue weighted by atomic mass is 10.0. The van der Waals surface area contributed by atoms with Crippen LogP contribution in [-0.2, 0) is 4.74 Å². The standard InChI is InChI=1S/C13H19BrN2O/c1-9-7-16(8-13(2,3)17-9)12-5-4-10(15)6-11(12)14/h4-6,9H,7-8,15H2,1-3H3. The van der Waals surface area contributed by atoms with E-state index in [1.54, 1.807) is 0 Å². The van der Waals surface area contributed by atoms with E-state index in [2.05, 4.69) is 47.7 Å². The molecule has 0 saturated carbocycles. The van der Waals surface area contributed by atoms with Crippen molar-refractivity contribution in [1.82, 2.24) is 0 Å². The second-order valence-corrected chi connectivity index (χ2v) is 6.13. The molecule has 0 bridgehead atoms. The van der Waals surface area contributed by atoms with E-state index in [0.717, 1.165) is 23.2 Å². The topological polar surface area (TPSA) is 38.5 Å². The summed E-state index contributed by atoms with van der Waals surface area (Å²) >= 11 is 3.58. The molecule has 1 aliphatic rings. The van der Waals surface area contributed by atoms with Gasteiger partial charge in [0.05, 0.1) is 17.4 Å². The van der Waals surface area contributed by atoms with Crippen molar-refractivity contribution in [1.29, 1.82) is 0 Å². The predicted molar refractivity (Wildman–Crippen MR) is 75.4 cm³/mol. The number of anilines is 2. The molecule has 1 saturated heterocycles. The molecule has 17 heavy (non-hydrogen) atoms. The van der Waals surface area contributed by atoms with Crippen LogP contribution in [0.3, 0.4) is 0 Å². The van der Waals surface area contributed by atoms with E-state index in [9.17, 15) is 0 Å². The molecule has 0 aromatic heterocycles. The summed E-state index contributed by atoms with van der Waals surface area (Å²) in [4.78, 5) is 2.34. The van der Waals surface area contributed by atoms with Crippen molar-refractivity contribution in [3.05, 3.63) is 22.7 Å². The van der Waals surface area contributed by atoms with Gasteiger partial charge in [0.15, 0.2) is 0 Å². The van der Waals surface area contributed by atoms with Crippen LogP contribution < -0.4 is 10.6 Å². The minimum atomic E-state index is -0.113. The molecule has 4 heteroatoms. The van der Waals surface area contributed by atoms with Gasteiger partial charge < -0.3 is 15.4 Å². The number of nitrogens with two attached hydrogens (primary N) is 1. The van der Waals surface area contributed by atoms with Crippen LogP contribution in [0.1, 0.15) is 20.8 Å². The minimum Gasteiger partial charge on any atom is -0.399 e. The lowest BCUT2D eigenvalue weighted by Gasteiger charge is -2.43. The van der Waals surface area contributed by atoms with Crippen molar-refractivity contribution in [2.24, 2.45) is 0 Å². The summed E-state index contributed by atoms with van der Waals surface area (Å²) in [6.45, 7) is 8.16. The van der Waals surface area contributed by atoms with Crippen molar-refractivity contribution in [3.8, 4) is 0 Å². The van der Waals surface area contributed by atoms with Gasteiger partial charge in [-0.3, -0.25) is 0 Å².